The standard InChI is InChI=1S/C34H30O5/c1-21(24-5-7-28-19-31(37-3)15-11-26(28)17-24)33(35)23-9-13-30(14-10-23)39-34(36)22(2)25-6-8-29-20-32(38-4)16-12-27(29)18-25/h5-22H,1-4H3. The molecule has 5 nitrogen and oxygen atoms in total. The number of hydrogen-bond acceptors (Lipinski definition) is 5. The summed E-state index contributed by atoms with van der Waals surface area (Å²) in [5.41, 5.74) is 2.37. The van der Waals surface area contributed by atoms with Gasteiger partial charge < -0.3 is 14.2 Å². The molecule has 0 aliphatic rings. The van der Waals surface area contributed by atoms with E-state index in [1.165, 1.54) is 0 Å². The molecule has 2 atom stereocenters. The molecule has 196 valence electrons. The first-order valence-corrected chi connectivity index (χ1v) is 12.9. The van der Waals surface area contributed by atoms with Crippen LogP contribution in [0.4, 0.5) is 0 Å². The van der Waals surface area contributed by atoms with Gasteiger partial charge in [0, 0.05) is 11.5 Å². The van der Waals surface area contributed by atoms with E-state index >= 15 is 0 Å². The van der Waals surface area contributed by atoms with Gasteiger partial charge in [-0.1, -0.05) is 55.5 Å². The number of carbonyl (C=O) groups is 2. The van der Waals surface area contributed by atoms with E-state index in [0.717, 1.165) is 44.2 Å². The summed E-state index contributed by atoms with van der Waals surface area (Å²) in [6.45, 7) is 3.73. The van der Waals surface area contributed by atoms with Gasteiger partial charge in [0.15, 0.2) is 5.78 Å². The molecule has 0 N–H and O–H groups in total. The molecule has 5 heteroatoms. The molecule has 0 radical (unpaired) electrons. The van der Waals surface area contributed by atoms with Crippen molar-refractivity contribution in [3.05, 3.63) is 114 Å². The molecular formula is C34H30O5. The molecule has 0 bridgehead atoms. The van der Waals surface area contributed by atoms with Crippen LogP contribution in [0.5, 0.6) is 17.2 Å². The van der Waals surface area contributed by atoms with Gasteiger partial charge in [0.05, 0.1) is 20.1 Å². The Morgan fingerprint density at radius 3 is 1.49 bits per heavy atom. The zero-order chi connectivity index (χ0) is 27.5. The van der Waals surface area contributed by atoms with Crippen molar-refractivity contribution in [1.82, 2.24) is 0 Å². The maximum Gasteiger partial charge on any atom is 0.318 e. The minimum atomic E-state index is -0.453. The van der Waals surface area contributed by atoms with Crippen molar-refractivity contribution in [3.63, 3.8) is 0 Å². The molecule has 0 aliphatic heterocycles. The number of benzene rings is 5. The maximum absolute atomic E-state index is 13.2. The van der Waals surface area contributed by atoms with Crippen LogP contribution in [-0.4, -0.2) is 26.0 Å². The third-order valence-corrected chi connectivity index (χ3v) is 7.25. The summed E-state index contributed by atoms with van der Waals surface area (Å²) >= 11 is 0. The first-order valence-electron chi connectivity index (χ1n) is 12.9. The monoisotopic (exact) mass is 518 g/mol. The second kappa shape index (κ2) is 11.0. The predicted molar refractivity (Wildman–Crippen MR) is 154 cm³/mol. The van der Waals surface area contributed by atoms with Crippen LogP contribution in [0.15, 0.2) is 97.1 Å². The van der Waals surface area contributed by atoms with Gasteiger partial charge in [-0.15, -0.1) is 0 Å². The van der Waals surface area contributed by atoms with Gasteiger partial charge in [0.25, 0.3) is 0 Å². The topological polar surface area (TPSA) is 61.8 Å². The summed E-state index contributed by atoms with van der Waals surface area (Å²) < 4.78 is 16.2. The number of carbonyl (C=O) groups excluding carboxylic acids is 2. The predicted octanol–water partition coefficient (Wildman–Crippen LogP) is 7.71. The molecule has 5 aromatic rings. The van der Waals surface area contributed by atoms with E-state index in [-0.39, 0.29) is 17.7 Å². The van der Waals surface area contributed by atoms with E-state index in [0.29, 0.717) is 11.3 Å². The molecule has 0 heterocycles. The lowest BCUT2D eigenvalue weighted by Crippen LogP contribution is -2.16. The molecule has 2 unspecified atom stereocenters. The Balaban J connectivity index is 1.26. The van der Waals surface area contributed by atoms with Crippen LogP contribution in [-0.2, 0) is 4.79 Å². The molecule has 5 aromatic carbocycles. The van der Waals surface area contributed by atoms with Gasteiger partial charge in [0.1, 0.15) is 17.2 Å². The highest BCUT2D eigenvalue weighted by molar-refractivity contribution is 6.01. The van der Waals surface area contributed by atoms with Crippen LogP contribution >= 0.6 is 0 Å². The molecule has 0 saturated carbocycles. The Kier molecular flexibility index (Phi) is 7.33. The third kappa shape index (κ3) is 5.48. The van der Waals surface area contributed by atoms with Gasteiger partial charge in [-0.05, 0) is 88.1 Å². The van der Waals surface area contributed by atoms with E-state index in [1.807, 2.05) is 86.6 Å². The highest BCUT2D eigenvalue weighted by Crippen LogP contribution is 2.29. The van der Waals surface area contributed by atoms with Crippen molar-refractivity contribution in [2.45, 2.75) is 25.7 Å². The lowest BCUT2D eigenvalue weighted by Gasteiger charge is -2.14. The fourth-order valence-electron chi connectivity index (χ4n) is 4.71. The number of ether oxygens (including phenoxy) is 3. The summed E-state index contributed by atoms with van der Waals surface area (Å²) in [5.74, 6) is 0.861. The summed E-state index contributed by atoms with van der Waals surface area (Å²) in [5, 5.41) is 4.17. The molecule has 39 heavy (non-hydrogen) atoms. The van der Waals surface area contributed by atoms with Gasteiger partial charge in [-0.3, -0.25) is 9.59 Å². The lowest BCUT2D eigenvalue weighted by atomic mass is 9.91. The van der Waals surface area contributed by atoms with E-state index < -0.39 is 5.92 Å². The van der Waals surface area contributed by atoms with Gasteiger partial charge in [-0.2, -0.15) is 0 Å². The average Bonchev–Trinajstić information content (AvgIpc) is 2.99. The largest absolute Gasteiger partial charge is 0.497 e. The highest BCUT2D eigenvalue weighted by Gasteiger charge is 2.20. The third-order valence-electron chi connectivity index (χ3n) is 7.25. The van der Waals surface area contributed by atoms with Crippen LogP contribution in [0.2, 0.25) is 0 Å². The molecule has 0 amide bonds. The number of Topliss-reactive ketones (excluding diaryl/α,β-unsaturated/α-hetero) is 1. The molecule has 0 spiro atoms. The van der Waals surface area contributed by atoms with Crippen LogP contribution in [0, 0.1) is 0 Å². The highest BCUT2D eigenvalue weighted by atomic mass is 16.5. The average molecular weight is 519 g/mol. The van der Waals surface area contributed by atoms with Crippen molar-refractivity contribution in [3.8, 4) is 17.2 Å². The van der Waals surface area contributed by atoms with Gasteiger partial charge >= 0.3 is 5.97 Å². The quantitative estimate of drug-likeness (QED) is 0.120. The van der Waals surface area contributed by atoms with Crippen LogP contribution < -0.4 is 14.2 Å². The van der Waals surface area contributed by atoms with Crippen LogP contribution in [0.3, 0.4) is 0 Å². The minimum Gasteiger partial charge on any atom is -0.497 e. The van der Waals surface area contributed by atoms with E-state index in [9.17, 15) is 9.59 Å². The van der Waals surface area contributed by atoms with Crippen molar-refractivity contribution >= 4 is 33.3 Å². The Hall–Kier alpha value is -4.64. The second-order valence-corrected chi connectivity index (χ2v) is 9.70. The smallest absolute Gasteiger partial charge is 0.318 e. The number of hydrogen-bond donors (Lipinski definition) is 0. The minimum absolute atomic E-state index is 0.00176. The van der Waals surface area contributed by atoms with Crippen molar-refractivity contribution in [1.29, 1.82) is 0 Å². The number of methoxy groups -OCH3 is 2. The lowest BCUT2D eigenvalue weighted by molar-refractivity contribution is -0.135. The summed E-state index contributed by atoms with van der Waals surface area (Å²) in [4.78, 5) is 26.1. The van der Waals surface area contributed by atoms with Crippen LogP contribution in [0.1, 0.15) is 47.2 Å². The number of esters is 1. The number of fused-ring (bicyclic) bond motifs is 2. The fraction of sp³-hybridized carbons (Fsp3) is 0.176. The normalized spacial score (nSPS) is 12.6. The Morgan fingerprint density at radius 1 is 0.538 bits per heavy atom. The van der Waals surface area contributed by atoms with Crippen LogP contribution in [0.25, 0.3) is 21.5 Å². The Labute approximate surface area is 227 Å². The number of ketones is 1. The first kappa shape index (κ1) is 26.0. The summed E-state index contributed by atoms with van der Waals surface area (Å²) in [6, 6.07) is 30.4. The molecule has 0 aliphatic carbocycles. The molecular weight excluding hydrogens is 488 g/mol. The molecule has 0 aromatic heterocycles. The zero-order valence-corrected chi connectivity index (χ0v) is 22.4. The van der Waals surface area contributed by atoms with Crippen molar-refractivity contribution in [2.75, 3.05) is 14.2 Å². The molecule has 0 fully saturated rings. The fourth-order valence-corrected chi connectivity index (χ4v) is 4.71. The molecule has 0 saturated heterocycles. The van der Waals surface area contributed by atoms with Gasteiger partial charge in [-0.25, -0.2) is 0 Å². The Bertz CT molecular complexity index is 1670. The maximum atomic E-state index is 13.2. The summed E-state index contributed by atoms with van der Waals surface area (Å²) in [7, 11) is 3.28. The van der Waals surface area contributed by atoms with Gasteiger partial charge in [0.2, 0.25) is 0 Å². The second-order valence-electron chi connectivity index (χ2n) is 9.70. The Morgan fingerprint density at radius 2 is 0.974 bits per heavy atom. The summed E-state index contributed by atoms with van der Waals surface area (Å²) in [6.07, 6.45) is 0. The SMILES string of the molecule is COc1ccc2cc(C(C)C(=O)Oc3ccc(C(=O)C(C)c4ccc5cc(OC)ccc5c4)cc3)ccc2c1. The first-order chi connectivity index (χ1) is 18.9. The van der Waals surface area contributed by atoms with E-state index in [2.05, 4.69) is 0 Å². The molecule has 5 rings (SSSR count). The number of rotatable bonds is 8. The zero-order valence-electron chi connectivity index (χ0n) is 22.4. The van der Waals surface area contributed by atoms with E-state index in [4.69, 9.17) is 14.2 Å². The van der Waals surface area contributed by atoms with Crippen molar-refractivity contribution in [2.24, 2.45) is 0 Å². The van der Waals surface area contributed by atoms with Crippen molar-refractivity contribution < 1.29 is 23.8 Å². The van der Waals surface area contributed by atoms with E-state index in [1.54, 1.807) is 38.5 Å².